The molecule has 0 radical (unpaired) electrons. The zero-order valence-electron chi connectivity index (χ0n) is 8.18. The highest BCUT2D eigenvalue weighted by atomic mass is 35.7. The number of allylic oxidation sites excluding steroid dienone is 2. The summed E-state index contributed by atoms with van der Waals surface area (Å²) in [4.78, 5) is 0. The Morgan fingerprint density at radius 1 is 1.19 bits per heavy atom. The predicted octanol–water partition coefficient (Wildman–Crippen LogP) is 6.33. The van der Waals surface area contributed by atoms with Gasteiger partial charge in [-0.25, -0.2) is 4.52 Å². The van der Waals surface area contributed by atoms with Crippen molar-refractivity contribution < 1.29 is 0 Å². The van der Waals surface area contributed by atoms with Crippen LogP contribution in [0, 0.1) is 0 Å². The predicted molar refractivity (Wildman–Crippen MR) is 80.4 cm³/mol. The van der Waals surface area contributed by atoms with Crippen LogP contribution in [0.1, 0.15) is 0 Å². The quantitative estimate of drug-likeness (QED) is 0.332. The first-order chi connectivity index (χ1) is 7.48. The van der Waals surface area contributed by atoms with Crippen molar-refractivity contribution in [3.63, 3.8) is 0 Å². The van der Waals surface area contributed by atoms with Crippen LogP contribution in [0.2, 0.25) is 0 Å². The van der Waals surface area contributed by atoms with Crippen molar-refractivity contribution in [1.82, 2.24) is 7.92 Å². The average Bonchev–Trinajstić information content (AvgIpc) is 2.24. The molecule has 92 valence electrons. The van der Waals surface area contributed by atoms with Crippen LogP contribution in [-0.2, 0) is 0 Å². The van der Waals surface area contributed by atoms with Crippen molar-refractivity contribution in [2.45, 2.75) is 0 Å². The standard InChI is InChI=1S/C6H10Cl4N3P3/c1-3-5-16(6-4-2)11-14(9)12(7)15(10)13(16)8/h3-4H,1-2,5-6H2. The summed E-state index contributed by atoms with van der Waals surface area (Å²) >= 11 is 24.4. The fraction of sp³-hybridized carbons (Fsp3) is 0.333. The minimum atomic E-state index is -1.98. The first-order valence-corrected chi connectivity index (χ1v) is 11.2. The largest absolute Gasteiger partial charge is 0.230 e. The Morgan fingerprint density at radius 3 is 2.12 bits per heavy atom. The molecule has 3 nitrogen and oxygen atoms in total. The lowest BCUT2D eigenvalue weighted by atomic mass is 10.8. The van der Waals surface area contributed by atoms with Gasteiger partial charge in [-0.05, 0) is 34.8 Å². The van der Waals surface area contributed by atoms with E-state index < -0.39 is 22.4 Å². The lowest BCUT2D eigenvalue weighted by Gasteiger charge is -2.40. The Hall–Kier alpha value is 1.65. The van der Waals surface area contributed by atoms with Gasteiger partial charge in [0.05, 0.1) is 7.21 Å². The molecule has 0 aromatic carbocycles. The summed E-state index contributed by atoms with van der Waals surface area (Å²) in [5.41, 5.74) is 0. The van der Waals surface area contributed by atoms with E-state index in [9.17, 15) is 0 Å². The van der Waals surface area contributed by atoms with Crippen molar-refractivity contribution in [1.29, 1.82) is 0 Å². The smallest absolute Gasteiger partial charge is 0.209 e. The van der Waals surface area contributed by atoms with Gasteiger partial charge in [0.1, 0.15) is 0 Å². The molecule has 1 rings (SSSR count). The molecule has 1 aliphatic rings. The summed E-state index contributed by atoms with van der Waals surface area (Å²) in [5.74, 6) is 0. The van der Waals surface area contributed by atoms with Crippen LogP contribution in [0.5, 0.6) is 0 Å². The molecule has 2 atom stereocenters. The van der Waals surface area contributed by atoms with Crippen molar-refractivity contribution in [2.75, 3.05) is 12.3 Å². The zero-order chi connectivity index (χ0) is 12.3. The fourth-order valence-electron chi connectivity index (χ4n) is 1.16. The van der Waals surface area contributed by atoms with E-state index in [0.29, 0.717) is 12.3 Å². The molecule has 0 spiro atoms. The monoisotopic (exact) mass is 357 g/mol. The molecule has 0 saturated heterocycles. The third-order valence-electron chi connectivity index (χ3n) is 1.80. The van der Waals surface area contributed by atoms with E-state index in [4.69, 9.17) is 46.0 Å². The second-order valence-corrected chi connectivity index (χ2v) is 12.7. The summed E-state index contributed by atoms with van der Waals surface area (Å²) in [6.07, 6.45) is 4.87. The molecule has 1 aliphatic heterocycles. The topological polar surface area (TPSA) is 18.8 Å². The highest BCUT2D eigenvalue weighted by molar-refractivity contribution is 8.02. The van der Waals surface area contributed by atoms with Crippen molar-refractivity contribution in [3.05, 3.63) is 25.3 Å². The summed E-state index contributed by atoms with van der Waals surface area (Å²) < 4.78 is 7.35. The molecule has 10 heteroatoms. The van der Waals surface area contributed by atoms with Gasteiger partial charge in [0.15, 0.2) is 7.58 Å². The van der Waals surface area contributed by atoms with Crippen LogP contribution >= 0.6 is 68.4 Å². The van der Waals surface area contributed by atoms with E-state index in [1.54, 1.807) is 12.2 Å². The molecule has 0 saturated carbocycles. The Balaban J connectivity index is 3.18. The molecule has 16 heavy (non-hydrogen) atoms. The maximum absolute atomic E-state index is 6.22. The molecular weight excluding hydrogens is 349 g/mol. The lowest BCUT2D eigenvalue weighted by Crippen LogP contribution is -2.14. The van der Waals surface area contributed by atoms with Crippen LogP contribution in [-0.4, -0.2) is 20.2 Å². The molecule has 0 fully saturated rings. The molecule has 0 aromatic rings. The highest BCUT2D eigenvalue weighted by Gasteiger charge is 2.42. The van der Waals surface area contributed by atoms with Gasteiger partial charge in [-0.15, -0.1) is 21.1 Å². The van der Waals surface area contributed by atoms with Crippen molar-refractivity contribution in [3.8, 4) is 0 Å². The minimum absolute atomic E-state index is 0.657. The Labute approximate surface area is 118 Å². The number of rotatable bonds is 4. The number of hydrogen-bond donors (Lipinski definition) is 0. The van der Waals surface area contributed by atoms with Gasteiger partial charge in [-0.2, -0.15) is 0 Å². The third-order valence-corrected chi connectivity index (χ3v) is 15.1. The molecule has 0 bridgehead atoms. The van der Waals surface area contributed by atoms with E-state index in [0.717, 1.165) is 0 Å². The normalized spacial score (nSPS) is 30.8. The molecule has 0 N–H and O–H groups in total. The SMILES string of the molecule is C=CCP1(CC=C)=NP(Cl)N(Cl)P(Cl)N1Cl. The van der Waals surface area contributed by atoms with Gasteiger partial charge in [0, 0.05) is 12.3 Å². The zero-order valence-corrected chi connectivity index (χ0v) is 13.9. The summed E-state index contributed by atoms with van der Waals surface area (Å²) in [7, 11) is -4.62. The maximum atomic E-state index is 6.22. The van der Waals surface area contributed by atoms with Crippen LogP contribution in [0.25, 0.3) is 0 Å². The molecule has 0 aromatic heterocycles. The molecule has 0 aliphatic carbocycles. The van der Waals surface area contributed by atoms with Gasteiger partial charge in [-0.3, -0.25) is 0 Å². The molecule has 2 unspecified atom stereocenters. The van der Waals surface area contributed by atoms with E-state index in [-0.39, 0.29) is 0 Å². The number of nitrogens with zero attached hydrogens (tertiary/aromatic N) is 3. The van der Waals surface area contributed by atoms with Crippen molar-refractivity contribution >= 4 is 68.4 Å². The van der Waals surface area contributed by atoms with Gasteiger partial charge < -0.3 is 0 Å². The first kappa shape index (κ1) is 15.7. The Bertz CT molecular complexity index is 325. The van der Waals surface area contributed by atoms with Crippen LogP contribution < -0.4 is 0 Å². The van der Waals surface area contributed by atoms with E-state index in [1.165, 1.54) is 7.92 Å². The van der Waals surface area contributed by atoms with Crippen LogP contribution in [0.3, 0.4) is 0 Å². The van der Waals surface area contributed by atoms with Gasteiger partial charge >= 0.3 is 0 Å². The number of hydrogen-bond acceptors (Lipinski definition) is 3. The molecular formula is C6H10Cl4N3P3. The first-order valence-electron chi connectivity index (χ1n) is 4.14. The van der Waals surface area contributed by atoms with Gasteiger partial charge in [0.2, 0.25) is 7.58 Å². The van der Waals surface area contributed by atoms with E-state index >= 15 is 0 Å². The van der Waals surface area contributed by atoms with Gasteiger partial charge in [0.25, 0.3) is 0 Å². The summed E-state index contributed by atoms with van der Waals surface area (Å²) in [5, 5.41) is 0. The van der Waals surface area contributed by atoms with Crippen molar-refractivity contribution in [2.24, 2.45) is 4.52 Å². The van der Waals surface area contributed by atoms with Gasteiger partial charge in [-0.1, -0.05) is 23.4 Å². The summed E-state index contributed by atoms with van der Waals surface area (Å²) in [6, 6.07) is 0. The lowest BCUT2D eigenvalue weighted by molar-refractivity contribution is 1.03. The fourth-order valence-corrected chi connectivity index (χ4v) is 13.5. The second-order valence-electron chi connectivity index (χ2n) is 2.87. The third kappa shape index (κ3) is 3.15. The second kappa shape index (κ2) is 6.71. The van der Waals surface area contributed by atoms with E-state index in [1.807, 2.05) is 0 Å². The van der Waals surface area contributed by atoms with Crippen LogP contribution in [0.15, 0.2) is 29.8 Å². The van der Waals surface area contributed by atoms with E-state index in [2.05, 4.69) is 17.7 Å². The Morgan fingerprint density at radius 2 is 1.69 bits per heavy atom. The Kier molecular flexibility index (Phi) is 6.59. The maximum Gasteiger partial charge on any atom is 0.209 e. The average molecular weight is 359 g/mol. The molecule has 0 amide bonds. The minimum Gasteiger partial charge on any atom is -0.230 e. The highest BCUT2D eigenvalue weighted by Crippen LogP contribution is 2.82. The van der Waals surface area contributed by atoms with Crippen LogP contribution in [0.4, 0.5) is 0 Å². The number of halogens is 4. The summed E-state index contributed by atoms with van der Waals surface area (Å²) in [6.45, 7) is 7.43. The molecule has 1 heterocycles.